The summed E-state index contributed by atoms with van der Waals surface area (Å²) in [4.78, 5) is 2.42. The van der Waals surface area contributed by atoms with Gasteiger partial charge in [0.05, 0.1) is 9.75 Å². The van der Waals surface area contributed by atoms with Crippen molar-refractivity contribution >= 4 is 80.5 Å². The van der Waals surface area contributed by atoms with Gasteiger partial charge >= 0.3 is 0 Å². The number of thiophene rings is 2. The van der Waals surface area contributed by atoms with E-state index in [1.807, 2.05) is 22.7 Å². The second-order valence-electron chi connectivity index (χ2n) is 10.7. The molecule has 0 unspecified atom stereocenters. The molecule has 0 amide bonds. The van der Waals surface area contributed by atoms with Crippen molar-refractivity contribution in [3.63, 3.8) is 0 Å². The van der Waals surface area contributed by atoms with E-state index in [2.05, 4.69) is 113 Å². The van der Waals surface area contributed by atoms with Crippen LogP contribution in [0.3, 0.4) is 0 Å². The molecule has 0 saturated carbocycles. The van der Waals surface area contributed by atoms with Crippen molar-refractivity contribution in [1.29, 1.82) is 0 Å². The summed E-state index contributed by atoms with van der Waals surface area (Å²) < 4.78 is 2.67. The maximum Gasteiger partial charge on any atom is 0.138 e. The van der Waals surface area contributed by atoms with Gasteiger partial charge in [-0.3, -0.25) is 0 Å². The zero-order valence-corrected chi connectivity index (χ0v) is 27.3. The van der Waals surface area contributed by atoms with Gasteiger partial charge in [-0.2, -0.15) is 0 Å². The lowest BCUT2D eigenvalue weighted by Gasteiger charge is -2.19. The van der Waals surface area contributed by atoms with Gasteiger partial charge in [-0.15, -0.1) is 33.8 Å². The van der Waals surface area contributed by atoms with Crippen LogP contribution in [0.1, 0.15) is 51.3 Å². The third kappa shape index (κ3) is 5.13. The Morgan fingerprint density at radius 1 is 0.447 bits per heavy atom. The van der Waals surface area contributed by atoms with Crippen molar-refractivity contribution in [2.45, 2.75) is 77.8 Å². The maximum absolute atomic E-state index is 3.77. The normalized spacial score (nSPS) is 12.2. The molecule has 0 aliphatic carbocycles. The Morgan fingerprint density at radius 3 is 1.11 bits per heavy atom. The zero-order chi connectivity index (χ0) is 26.9. The first-order valence-electron chi connectivity index (χ1n) is 14.3. The van der Waals surface area contributed by atoms with E-state index in [-0.39, 0.29) is 0 Å². The topological polar surface area (TPSA) is 0 Å². The molecule has 0 aliphatic heterocycles. The van der Waals surface area contributed by atoms with Gasteiger partial charge in [0.2, 0.25) is 0 Å². The summed E-state index contributed by atoms with van der Waals surface area (Å²) in [6, 6.07) is 26.3. The maximum atomic E-state index is 3.77. The molecule has 0 fully saturated rings. The van der Waals surface area contributed by atoms with E-state index in [1.165, 1.54) is 87.7 Å². The van der Waals surface area contributed by atoms with E-state index in [9.17, 15) is 0 Å². The fourth-order valence-corrected chi connectivity index (χ4v) is 12.6. The van der Waals surface area contributed by atoms with E-state index in [1.54, 1.807) is 0 Å². The van der Waals surface area contributed by atoms with Crippen LogP contribution in [0.2, 0.25) is 36.3 Å². The molecule has 194 valence electrons. The molecule has 4 heteroatoms. The molecular formula is C34H38S2Si2. The highest BCUT2D eigenvalue weighted by Gasteiger charge is 2.25. The van der Waals surface area contributed by atoms with Crippen molar-refractivity contribution in [1.82, 2.24) is 0 Å². The lowest BCUT2D eigenvalue weighted by molar-refractivity contribution is 1.20. The predicted octanol–water partition coefficient (Wildman–Crippen LogP) is 11.2. The van der Waals surface area contributed by atoms with Gasteiger partial charge in [0, 0.05) is 9.40 Å². The number of hydrogen-bond donors (Lipinski definition) is 0. The van der Waals surface area contributed by atoms with Crippen molar-refractivity contribution < 1.29 is 0 Å². The Labute approximate surface area is 238 Å². The van der Waals surface area contributed by atoms with Crippen LogP contribution < -0.4 is 0 Å². The lowest BCUT2D eigenvalue weighted by atomic mass is 10.0. The summed E-state index contributed by atoms with van der Waals surface area (Å²) >= 11 is 3.69. The Hall–Kier alpha value is -2.35. The average molecular weight is 567 g/mol. The molecule has 0 aliphatic rings. The molecule has 5 rings (SSSR count). The minimum Gasteiger partial charge on any atom is -0.127 e. The van der Waals surface area contributed by atoms with Crippen molar-refractivity contribution in [3.05, 3.63) is 58.3 Å². The Bertz CT molecular complexity index is 1520. The van der Waals surface area contributed by atoms with Crippen LogP contribution in [0.5, 0.6) is 0 Å². The zero-order valence-electron chi connectivity index (χ0n) is 23.7. The van der Waals surface area contributed by atoms with Crippen LogP contribution in [-0.2, 0) is 0 Å². The van der Waals surface area contributed by atoms with Crippen LogP contribution in [0.25, 0.3) is 41.7 Å². The molecule has 0 spiro atoms. The first-order chi connectivity index (χ1) is 18.4. The highest BCUT2D eigenvalue weighted by Crippen LogP contribution is 2.35. The number of hydrogen-bond acceptors (Lipinski definition) is 2. The van der Waals surface area contributed by atoms with Crippen LogP contribution in [0.4, 0.5) is 0 Å². The van der Waals surface area contributed by atoms with E-state index < -0.39 is 16.1 Å². The van der Waals surface area contributed by atoms with Crippen LogP contribution in [0, 0.1) is 22.9 Å². The van der Waals surface area contributed by atoms with E-state index in [0.29, 0.717) is 0 Å². The largest absolute Gasteiger partial charge is 0.138 e. The minimum absolute atomic E-state index is 1.21. The van der Waals surface area contributed by atoms with Gasteiger partial charge in [-0.25, -0.2) is 0 Å². The lowest BCUT2D eigenvalue weighted by Crippen LogP contribution is -2.29. The summed E-state index contributed by atoms with van der Waals surface area (Å²) in [5.74, 6) is 7.18. The fraction of sp³-hybridized carbons (Fsp3) is 0.353. The monoisotopic (exact) mass is 566 g/mol. The molecule has 0 saturated heterocycles. The molecule has 3 aromatic carbocycles. The van der Waals surface area contributed by atoms with E-state index >= 15 is 0 Å². The van der Waals surface area contributed by atoms with Gasteiger partial charge in [0.25, 0.3) is 0 Å². The van der Waals surface area contributed by atoms with Crippen molar-refractivity contribution in [2.24, 2.45) is 0 Å². The van der Waals surface area contributed by atoms with Gasteiger partial charge in [-0.1, -0.05) is 53.4 Å². The first kappa shape index (κ1) is 27.2. The SMILES string of the molecule is CC[Si](C#Cc1cc2cc3cc4cc5cc(C#C[Si](CC)(CC)CC)sc5cc4cc3cc2s1)(CC)CC. The van der Waals surface area contributed by atoms with Gasteiger partial charge in [-0.05, 0) is 117 Å². The third-order valence-corrected chi connectivity index (χ3v) is 20.5. The molecule has 0 radical (unpaired) electrons. The third-order valence-electron chi connectivity index (χ3n) is 9.03. The minimum atomic E-state index is -1.43. The second-order valence-corrected chi connectivity index (χ2v) is 22.8. The molecule has 5 aromatic rings. The second kappa shape index (κ2) is 11.0. The summed E-state index contributed by atoms with van der Waals surface area (Å²) in [6.45, 7) is 14.0. The number of fused-ring (bicyclic) bond motifs is 4. The standard InChI is InChI=1S/C34H38S2Si2/c1-7-37(8-2,9-3)15-13-31-21-29-19-25-17-26-20-30-22-32(14-16-38(10-4,11-5)12-6)36-34(30)24-28(26)18-27(25)23-33(29)35-31/h17-24H,7-12H2,1-6H3. The average Bonchev–Trinajstić information content (AvgIpc) is 3.53. The molecule has 38 heavy (non-hydrogen) atoms. The molecule has 2 aromatic heterocycles. The molecule has 0 atom stereocenters. The molecular weight excluding hydrogens is 529 g/mol. The van der Waals surface area contributed by atoms with E-state index in [4.69, 9.17) is 0 Å². The summed E-state index contributed by atoms with van der Waals surface area (Å²) in [5, 5.41) is 7.86. The quantitative estimate of drug-likeness (QED) is 0.109. The fourth-order valence-electron chi connectivity index (χ4n) is 5.62. The highest BCUT2D eigenvalue weighted by atomic mass is 32.1. The predicted molar refractivity (Wildman–Crippen MR) is 180 cm³/mol. The number of rotatable bonds is 6. The molecule has 0 nitrogen and oxygen atoms in total. The van der Waals surface area contributed by atoms with Crippen molar-refractivity contribution in [2.75, 3.05) is 0 Å². The van der Waals surface area contributed by atoms with Crippen molar-refractivity contribution in [3.8, 4) is 22.9 Å². The Morgan fingerprint density at radius 2 is 0.763 bits per heavy atom. The molecule has 2 heterocycles. The van der Waals surface area contributed by atoms with Gasteiger partial charge in [0.1, 0.15) is 16.1 Å². The first-order valence-corrected chi connectivity index (χ1v) is 21.2. The van der Waals surface area contributed by atoms with Gasteiger partial charge < -0.3 is 0 Å². The highest BCUT2D eigenvalue weighted by molar-refractivity contribution is 7.20. The summed E-state index contributed by atoms with van der Waals surface area (Å²) in [6.07, 6.45) is 0. The van der Waals surface area contributed by atoms with E-state index in [0.717, 1.165) is 0 Å². The Balaban J connectivity index is 1.54. The van der Waals surface area contributed by atoms with Crippen LogP contribution in [-0.4, -0.2) is 16.1 Å². The van der Waals surface area contributed by atoms with Crippen LogP contribution in [0.15, 0.2) is 48.5 Å². The van der Waals surface area contributed by atoms with Crippen LogP contribution >= 0.6 is 22.7 Å². The summed E-state index contributed by atoms with van der Waals surface area (Å²) in [7, 11) is -2.87. The smallest absolute Gasteiger partial charge is 0.127 e. The summed E-state index contributed by atoms with van der Waals surface area (Å²) in [5.41, 5.74) is 7.54. The Kier molecular flexibility index (Phi) is 7.90. The van der Waals surface area contributed by atoms with Gasteiger partial charge in [0.15, 0.2) is 0 Å². The molecule has 0 N–H and O–H groups in total. The molecule has 0 bridgehead atoms. The number of benzene rings is 3.